The third-order valence-corrected chi connectivity index (χ3v) is 8.38. The van der Waals surface area contributed by atoms with Crippen molar-refractivity contribution in [2.45, 2.75) is 108 Å². The number of amides is 3. The molecular formula is C27H35F2N3O3. The first-order valence-corrected chi connectivity index (χ1v) is 13.0. The highest BCUT2D eigenvalue weighted by molar-refractivity contribution is 6.05. The van der Waals surface area contributed by atoms with Gasteiger partial charge in [-0.1, -0.05) is 37.0 Å². The minimum absolute atomic E-state index is 0.0375. The largest absolute Gasteiger partial charge is 0.322 e. The highest BCUT2D eigenvalue weighted by Crippen LogP contribution is 2.62. The molecule has 1 saturated heterocycles. The Bertz CT molecular complexity index is 1000. The summed E-state index contributed by atoms with van der Waals surface area (Å²) < 4.78 is 25.6. The second-order valence-electron chi connectivity index (χ2n) is 11.4. The van der Waals surface area contributed by atoms with E-state index in [0.29, 0.717) is 30.6 Å². The Balaban J connectivity index is 0.000000147. The van der Waals surface area contributed by atoms with Crippen molar-refractivity contribution in [3.05, 3.63) is 34.9 Å². The van der Waals surface area contributed by atoms with E-state index in [4.69, 9.17) is 0 Å². The summed E-state index contributed by atoms with van der Waals surface area (Å²) in [4.78, 5) is 36.8. The van der Waals surface area contributed by atoms with Gasteiger partial charge in [0.1, 0.15) is 6.04 Å². The highest BCUT2D eigenvalue weighted by Gasteiger charge is 2.61. The van der Waals surface area contributed by atoms with Crippen molar-refractivity contribution in [3.63, 3.8) is 0 Å². The quantitative estimate of drug-likeness (QED) is 0.625. The normalized spacial score (nSPS) is 27.5. The van der Waals surface area contributed by atoms with Crippen LogP contribution in [0.25, 0.3) is 0 Å². The van der Waals surface area contributed by atoms with Crippen LogP contribution in [0.3, 0.4) is 0 Å². The van der Waals surface area contributed by atoms with E-state index in [2.05, 4.69) is 10.6 Å². The van der Waals surface area contributed by atoms with E-state index in [1.807, 2.05) is 19.1 Å². The molecule has 1 atom stereocenters. The molecule has 3 saturated carbocycles. The lowest BCUT2D eigenvalue weighted by Crippen LogP contribution is -2.60. The number of imide groups is 1. The van der Waals surface area contributed by atoms with Gasteiger partial charge in [0.25, 0.3) is 5.91 Å². The van der Waals surface area contributed by atoms with Crippen LogP contribution in [-0.2, 0) is 16.1 Å². The molecular weight excluding hydrogens is 452 g/mol. The van der Waals surface area contributed by atoms with Gasteiger partial charge in [0, 0.05) is 43.5 Å². The van der Waals surface area contributed by atoms with Crippen LogP contribution in [0.15, 0.2) is 18.2 Å². The Kier molecular flexibility index (Phi) is 6.45. The topological polar surface area (TPSA) is 78.5 Å². The number of benzene rings is 1. The summed E-state index contributed by atoms with van der Waals surface area (Å²) in [6, 6.07) is 6.36. The number of nitrogens with zero attached hydrogens (tertiary/aromatic N) is 1. The fourth-order valence-electron chi connectivity index (χ4n) is 6.74. The van der Waals surface area contributed by atoms with Gasteiger partial charge in [0.2, 0.25) is 17.7 Å². The molecule has 1 spiro atoms. The maximum absolute atomic E-state index is 12.8. The zero-order valence-electron chi connectivity index (χ0n) is 20.4. The van der Waals surface area contributed by atoms with Gasteiger partial charge in [-0.05, 0) is 56.1 Å². The van der Waals surface area contributed by atoms with Crippen LogP contribution in [0.2, 0.25) is 0 Å². The SMILES string of the molecule is Cc1ccc2c(c1)CN(C1CCC(=O)NC1=O)C2=O.FC1(F)CC2(CC(NC3CCCCC3)C2)C1. The molecule has 3 amide bonds. The molecule has 1 unspecified atom stereocenters. The van der Waals surface area contributed by atoms with Crippen LogP contribution < -0.4 is 10.6 Å². The first-order chi connectivity index (χ1) is 16.6. The Morgan fingerprint density at radius 1 is 1.00 bits per heavy atom. The maximum Gasteiger partial charge on any atom is 0.255 e. The smallest absolute Gasteiger partial charge is 0.255 e. The molecule has 3 aliphatic carbocycles. The van der Waals surface area contributed by atoms with Gasteiger partial charge in [-0.2, -0.15) is 0 Å². The monoisotopic (exact) mass is 487 g/mol. The predicted octanol–water partition coefficient (Wildman–Crippen LogP) is 4.24. The van der Waals surface area contributed by atoms with Crippen LogP contribution in [0.4, 0.5) is 8.78 Å². The average Bonchev–Trinajstić information content (AvgIpc) is 3.08. The van der Waals surface area contributed by atoms with Crippen molar-refractivity contribution in [2.75, 3.05) is 0 Å². The van der Waals surface area contributed by atoms with Crippen molar-refractivity contribution < 1.29 is 23.2 Å². The highest BCUT2D eigenvalue weighted by atomic mass is 19.3. The summed E-state index contributed by atoms with van der Waals surface area (Å²) in [6.45, 7) is 2.42. The zero-order valence-corrected chi connectivity index (χ0v) is 20.4. The van der Waals surface area contributed by atoms with E-state index in [1.165, 1.54) is 32.1 Å². The summed E-state index contributed by atoms with van der Waals surface area (Å²) in [6.07, 6.45) is 9.64. The van der Waals surface area contributed by atoms with Crippen molar-refractivity contribution in [1.82, 2.24) is 15.5 Å². The third-order valence-electron chi connectivity index (χ3n) is 8.38. The second-order valence-corrected chi connectivity index (χ2v) is 11.4. The summed E-state index contributed by atoms with van der Waals surface area (Å²) in [5, 5.41) is 5.95. The molecule has 6 rings (SSSR count). The fraction of sp³-hybridized carbons (Fsp3) is 0.667. The number of fused-ring (bicyclic) bond motifs is 1. The number of aryl methyl sites for hydroxylation is 1. The number of rotatable bonds is 3. The van der Waals surface area contributed by atoms with Gasteiger partial charge in [0.15, 0.2) is 0 Å². The number of hydrogen-bond donors (Lipinski definition) is 2. The summed E-state index contributed by atoms with van der Waals surface area (Å²) in [5.41, 5.74) is 2.75. The molecule has 8 heteroatoms. The van der Waals surface area contributed by atoms with Crippen LogP contribution in [0.1, 0.15) is 92.1 Å². The lowest BCUT2D eigenvalue weighted by Gasteiger charge is -2.58. The molecule has 2 N–H and O–H groups in total. The van der Waals surface area contributed by atoms with E-state index in [1.54, 1.807) is 11.0 Å². The number of hydrogen-bond acceptors (Lipinski definition) is 4. The minimum atomic E-state index is -2.34. The molecule has 6 nitrogen and oxygen atoms in total. The molecule has 190 valence electrons. The van der Waals surface area contributed by atoms with Crippen LogP contribution in [0.5, 0.6) is 0 Å². The van der Waals surface area contributed by atoms with Crippen molar-refractivity contribution in [1.29, 1.82) is 0 Å². The number of nitrogens with one attached hydrogen (secondary N) is 2. The van der Waals surface area contributed by atoms with Gasteiger partial charge < -0.3 is 10.2 Å². The van der Waals surface area contributed by atoms with Gasteiger partial charge in [-0.3, -0.25) is 19.7 Å². The van der Waals surface area contributed by atoms with Crippen molar-refractivity contribution >= 4 is 17.7 Å². The molecule has 1 aromatic rings. The van der Waals surface area contributed by atoms with E-state index in [9.17, 15) is 23.2 Å². The molecule has 5 aliphatic rings. The van der Waals surface area contributed by atoms with Gasteiger partial charge in [-0.25, -0.2) is 8.78 Å². The van der Waals surface area contributed by atoms with Crippen LogP contribution in [-0.4, -0.2) is 46.7 Å². The summed E-state index contributed by atoms with van der Waals surface area (Å²) >= 11 is 0. The summed E-state index contributed by atoms with van der Waals surface area (Å²) in [5.74, 6) is -3.09. The second kappa shape index (κ2) is 9.26. The van der Waals surface area contributed by atoms with E-state index in [-0.39, 0.29) is 42.4 Å². The lowest BCUT2D eigenvalue weighted by molar-refractivity contribution is -0.199. The van der Waals surface area contributed by atoms with Crippen LogP contribution >= 0.6 is 0 Å². The first-order valence-electron chi connectivity index (χ1n) is 13.0. The maximum atomic E-state index is 12.8. The summed E-state index contributed by atoms with van der Waals surface area (Å²) in [7, 11) is 0. The van der Waals surface area contributed by atoms with Gasteiger partial charge in [-0.15, -0.1) is 0 Å². The molecule has 1 aromatic carbocycles. The fourth-order valence-corrected chi connectivity index (χ4v) is 6.74. The van der Waals surface area contributed by atoms with Gasteiger partial charge >= 0.3 is 0 Å². The lowest BCUT2D eigenvalue weighted by atomic mass is 9.52. The number of carbonyl (C=O) groups excluding carboxylic acids is 3. The molecule has 2 aliphatic heterocycles. The predicted molar refractivity (Wildman–Crippen MR) is 127 cm³/mol. The first kappa shape index (κ1) is 24.3. The van der Waals surface area contributed by atoms with E-state index in [0.717, 1.165) is 24.0 Å². The molecule has 0 radical (unpaired) electrons. The molecule has 4 fully saturated rings. The average molecular weight is 488 g/mol. The molecule has 2 heterocycles. The van der Waals surface area contributed by atoms with Crippen LogP contribution in [0, 0.1) is 12.3 Å². The van der Waals surface area contributed by atoms with Crippen molar-refractivity contribution in [2.24, 2.45) is 5.41 Å². The van der Waals surface area contributed by atoms with E-state index < -0.39 is 12.0 Å². The number of alkyl halides is 2. The Hall–Kier alpha value is -2.35. The molecule has 0 aromatic heterocycles. The van der Waals surface area contributed by atoms with Gasteiger partial charge in [0.05, 0.1) is 0 Å². The zero-order chi connectivity index (χ0) is 24.8. The van der Waals surface area contributed by atoms with E-state index >= 15 is 0 Å². The van der Waals surface area contributed by atoms with Crippen molar-refractivity contribution in [3.8, 4) is 0 Å². The molecule has 0 bridgehead atoms. The Morgan fingerprint density at radius 3 is 2.37 bits per heavy atom. The Labute approximate surface area is 205 Å². The number of piperidine rings is 1. The Morgan fingerprint density at radius 2 is 1.71 bits per heavy atom. The standard InChI is InChI=1S/C14H14N2O3.C13H21F2N/c1-8-2-3-10-9(6-8)7-16(14(10)19)11-4-5-12(17)15-13(11)18;14-13(15)8-12(9-13)6-11(7-12)16-10-4-2-1-3-5-10/h2-3,6,11H,4-5,7H2,1H3,(H,15,17,18);10-11,16H,1-9H2. The third kappa shape index (κ3) is 5.13. The minimum Gasteiger partial charge on any atom is -0.322 e. The number of halogens is 2. The molecule has 35 heavy (non-hydrogen) atoms. The number of carbonyl (C=O) groups is 3.